The van der Waals surface area contributed by atoms with Crippen LogP contribution in [-0.2, 0) is 4.74 Å². The number of hydrogen-bond donors (Lipinski definition) is 1. The summed E-state index contributed by atoms with van der Waals surface area (Å²) in [5, 5.41) is 3.24. The predicted octanol–water partition coefficient (Wildman–Crippen LogP) is 1.64. The molecule has 1 aromatic rings. The van der Waals surface area contributed by atoms with Gasteiger partial charge in [-0.05, 0) is 18.6 Å². The first-order chi connectivity index (χ1) is 7.33. The highest BCUT2D eigenvalue weighted by Gasteiger charge is 1.87. The number of pyridine rings is 1. The number of rotatable bonds is 6. The van der Waals surface area contributed by atoms with Crippen molar-refractivity contribution in [3.8, 4) is 0 Å². The van der Waals surface area contributed by atoms with Crippen LogP contribution in [0.5, 0.6) is 0 Å². The fourth-order valence-electron chi connectivity index (χ4n) is 1.13. The molecule has 1 N–H and O–H groups in total. The Hall–Kier alpha value is -1.19. The number of aryl methyl sites for hydroxylation is 1. The van der Waals surface area contributed by atoms with E-state index in [-0.39, 0.29) is 0 Å². The van der Waals surface area contributed by atoms with Gasteiger partial charge in [-0.3, -0.25) is 4.98 Å². The minimum Gasteiger partial charge on any atom is -0.383 e. The summed E-state index contributed by atoms with van der Waals surface area (Å²) < 4.78 is 4.92. The number of aromatic nitrogens is 1. The molecule has 0 amide bonds. The molecule has 0 atom stereocenters. The maximum Gasteiger partial charge on any atom is 0.0587 e. The van der Waals surface area contributed by atoms with Crippen molar-refractivity contribution in [3.63, 3.8) is 0 Å². The Morgan fingerprint density at radius 2 is 2.33 bits per heavy atom. The Morgan fingerprint density at radius 3 is 3.00 bits per heavy atom. The largest absolute Gasteiger partial charge is 0.383 e. The van der Waals surface area contributed by atoms with E-state index >= 15 is 0 Å². The average molecular weight is 206 g/mol. The van der Waals surface area contributed by atoms with Gasteiger partial charge in [0.05, 0.1) is 6.61 Å². The van der Waals surface area contributed by atoms with Crippen molar-refractivity contribution in [2.75, 3.05) is 26.8 Å². The third-order valence-corrected chi connectivity index (χ3v) is 1.99. The van der Waals surface area contributed by atoms with E-state index in [1.807, 2.05) is 19.2 Å². The summed E-state index contributed by atoms with van der Waals surface area (Å²) in [7, 11) is 1.70. The number of methoxy groups -OCH3 is 1. The van der Waals surface area contributed by atoms with Gasteiger partial charge < -0.3 is 10.1 Å². The third kappa shape index (κ3) is 5.30. The molecule has 0 fully saturated rings. The second-order valence-electron chi connectivity index (χ2n) is 3.33. The van der Waals surface area contributed by atoms with Gasteiger partial charge in [-0.1, -0.05) is 18.2 Å². The fraction of sp³-hybridized carbons (Fsp3) is 0.417. The van der Waals surface area contributed by atoms with Crippen LogP contribution in [0.1, 0.15) is 11.3 Å². The van der Waals surface area contributed by atoms with E-state index < -0.39 is 0 Å². The second kappa shape index (κ2) is 7.15. The summed E-state index contributed by atoms with van der Waals surface area (Å²) in [4.78, 5) is 4.22. The molecule has 0 aromatic carbocycles. The molecule has 0 aliphatic carbocycles. The molecule has 1 aromatic heterocycles. The van der Waals surface area contributed by atoms with E-state index in [1.54, 1.807) is 7.11 Å². The van der Waals surface area contributed by atoms with Gasteiger partial charge in [0.2, 0.25) is 0 Å². The maximum absolute atomic E-state index is 4.92. The standard InChI is InChI=1S/C12H18N2O/c1-11-5-6-12(10-14-11)4-3-7-13-8-9-15-2/h3-6,10,13H,7-9H2,1-2H3/b4-3+. The Labute approximate surface area is 91.2 Å². The molecule has 0 bridgehead atoms. The van der Waals surface area contributed by atoms with Gasteiger partial charge >= 0.3 is 0 Å². The summed E-state index contributed by atoms with van der Waals surface area (Å²) in [5.74, 6) is 0. The molecule has 82 valence electrons. The number of nitrogens with zero attached hydrogens (tertiary/aromatic N) is 1. The first kappa shape index (κ1) is 11.9. The van der Waals surface area contributed by atoms with E-state index in [2.05, 4.69) is 28.5 Å². The lowest BCUT2D eigenvalue weighted by Gasteiger charge is -1.99. The van der Waals surface area contributed by atoms with Gasteiger partial charge in [0, 0.05) is 32.1 Å². The lowest BCUT2D eigenvalue weighted by Crippen LogP contribution is -2.18. The zero-order valence-electron chi connectivity index (χ0n) is 9.36. The quantitative estimate of drug-likeness (QED) is 0.718. The van der Waals surface area contributed by atoms with E-state index in [0.29, 0.717) is 0 Å². The van der Waals surface area contributed by atoms with Crippen molar-refractivity contribution in [1.29, 1.82) is 0 Å². The van der Waals surface area contributed by atoms with E-state index in [1.165, 1.54) is 0 Å². The van der Waals surface area contributed by atoms with Crippen LogP contribution in [-0.4, -0.2) is 31.8 Å². The number of hydrogen-bond acceptors (Lipinski definition) is 3. The predicted molar refractivity (Wildman–Crippen MR) is 62.8 cm³/mol. The maximum atomic E-state index is 4.92. The van der Waals surface area contributed by atoms with E-state index in [4.69, 9.17) is 4.74 Å². The average Bonchev–Trinajstić information content (AvgIpc) is 2.26. The molecule has 1 heterocycles. The topological polar surface area (TPSA) is 34.1 Å². The monoisotopic (exact) mass is 206 g/mol. The van der Waals surface area contributed by atoms with Crippen LogP contribution in [0.25, 0.3) is 6.08 Å². The first-order valence-electron chi connectivity index (χ1n) is 5.12. The van der Waals surface area contributed by atoms with Crippen molar-refractivity contribution in [1.82, 2.24) is 10.3 Å². The zero-order chi connectivity index (χ0) is 10.9. The molecule has 0 spiro atoms. The highest BCUT2D eigenvalue weighted by atomic mass is 16.5. The zero-order valence-corrected chi connectivity index (χ0v) is 9.36. The summed E-state index contributed by atoms with van der Waals surface area (Å²) in [6.07, 6.45) is 6.02. The number of nitrogens with one attached hydrogen (secondary N) is 1. The molecule has 15 heavy (non-hydrogen) atoms. The molecule has 0 saturated heterocycles. The van der Waals surface area contributed by atoms with Crippen molar-refractivity contribution < 1.29 is 4.74 Å². The van der Waals surface area contributed by atoms with E-state index in [9.17, 15) is 0 Å². The SMILES string of the molecule is COCCNC/C=C/c1ccc(C)nc1. The molecule has 0 saturated carbocycles. The van der Waals surface area contributed by atoms with Crippen LogP contribution in [0.2, 0.25) is 0 Å². The molecular weight excluding hydrogens is 188 g/mol. The third-order valence-electron chi connectivity index (χ3n) is 1.99. The van der Waals surface area contributed by atoms with Gasteiger partial charge in [0.25, 0.3) is 0 Å². The first-order valence-corrected chi connectivity index (χ1v) is 5.12. The molecule has 0 aliphatic heterocycles. The molecule has 0 radical (unpaired) electrons. The fourth-order valence-corrected chi connectivity index (χ4v) is 1.13. The summed E-state index contributed by atoms with van der Waals surface area (Å²) in [6.45, 7) is 4.48. The van der Waals surface area contributed by atoms with Gasteiger partial charge in [0.15, 0.2) is 0 Å². The lowest BCUT2D eigenvalue weighted by atomic mass is 10.2. The van der Waals surface area contributed by atoms with Crippen LogP contribution >= 0.6 is 0 Å². The molecular formula is C12H18N2O. The van der Waals surface area contributed by atoms with Crippen molar-refractivity contribution in [2.45, 2.75) is 6.92 Å². The number of ether oxygens (including phenoxy) is 1. The Balaban J connectivity index is 2.23. The Kier molecular flexibility index (Phi) is 5.66. The normalized spacial score (nSPS) is 11.1. The summed E-state index contributed by atoms with van der Waals surface area (Å²) in [6, 6.07) is 4.08. The van der Waals surface area contributed by atoms with Crippen LogP contribution in [0, 0.1) is 6.92 Å². The van der Waals surface area contributed by atoms with Crippen LogP contribution in [0.15, 0.2) is 24.4 Å². The highest BCUT2D eigenvalue weighted by molar-refractivity contribution is 5.47. The lowest BCUT2D eigenvalue weighted by molar-refractivity contribution is 0.200. The van der Waals surface area contributed by atoms with Crippen molar-refractivity contribution in [2.24, 2.45) is 0 Å². The highest BCUT2D eigenvalue weighted by Crippen LogP contribution is 2.00. The van der Waals surface area contributed by atoms with Gasteiger partial charge in [-0.2, -0.15) is 0 Å². The minimum atomic E-state index is 0.750. The van der Waals surface area contributed by atoms with E-state index in [0.717, 1.165) is 31.0 Å². The molecule has 3 nitrogen and oxygen atoms in total. The molecule has 1 rings (SSSR count). The minimum absolute atomic E-state index is 0.750. The van der Waals surface area contributed by atoms with Crippen molar-refractivity contribution in [3.05, 3.63) is 35.7 Å². The molecule has 0 aliphatic rings. The smallest absolute Gasteiger partial charge is 0.0587 e. The van der Waals surface area contributed by atoms with Crippen LogP contribution < -0.4 is 5.32 Å². The Morgan fingerprint density at radius 1 is 1.47 bits per heavy atom. The van der Waals surface area contributed by atoms with Crippen molar-refractivity contribution >= 4 is 6.08 Å². The van der Waals surface area contributed by atoms with Gasteiger partial charge in [0.1, 0.15) is 0 Å². The summed E-state index contributed by atoms with van der Waals surface area (Å²) in [5.41, 5.74) is 2.18. The summed E-state index contributed by atoms with van der Waals surface area (Å²) >= 11 is 0. The Bertz CT molecular complexity index is 293. The second-order valence-corrected chi connectivity index (χ2v) is 3.33. The van der Waals surface area contributed by atoms with Crippen LogP contribution in [0.3, 0.4) is 0 Å². The van der Waals surface area contributed by atoms with Crippen LogP contribution in [0.4, 0.5) is 0 Å². The van der Waals surface area contributed by atoms with Gasteiger partial charge in [-0.25, -0.2) is 0 Å². The molecule has 3 heteroatoms. The molecule has 0 unspecified atom stereocenters. The van der Waals surface area contributed by atoms with Gasteiger partial charge in [-0.15, -0.1) is 0 Å².